The van der Waals surface area contributed by atoms with E-state index in [1.54, 1.807) is 6.07 Å². The predicted octanol–water partition coefficient (Wildman–Crippen LogP) is 1.66. The van der Waals surface area contributed by atoms with Gasteiger partial charge in [0.1, 0.15) is 0 Å². The van der Waals surface area contributed by atoms with Crippen molar-refractivity contribution in [3.63, 3.8) is 0 Å². The van der Waals surface area contributed by atoms with Crippen molar-refractivity contribution in [2.75, 3.05) is 6.61 Å². The molecule has 1 aliphatic carbocycles. The predicted molar refractivity (Wildman–Crippen MR) is 66.3 cm³/mol. The first-order valence-corrected chi connectivity index (χ1v) is 6.54. The molecule has 1 saturated carbocycles. The lowest BCUT2D eigenvalue weighted by atomic mass is 10.2. The largest absolute Gasteiger partial charge is 0.394 e. The molecule has 1 aliphatic rings. The molecule has 0 spiro atoms. The molecule has 6 heteroatoms. The van der Waals surface area contributed by atoms with Crippen molar-refractivity contribution < 1.29 is 14.4 Å². The Kier molecular flexibility index (Phi) is 2.68. The summed E-state index contributed by atoms with van der Waals surface area (Å²) in [5.74, 6) is 0.289. The van der Waals surface area contributed by atoms with Gasteiger partial charge in [0, 0.05) is 6.07 Å². The minimum atomic E-state index is -0.431. The molecule has 0 saturated heterocycles. The number of hydrogen-bond donors (Lipinski definition) is 2. The van der Waals surface area contributed by atoms with Crippen LogP contribution in [0.1, 0.15) is 23.3 Å². The Morgan fingerprint density at radius 2 is 2.44 bits per heavy atom. The molecule has 0 atom stereocenters. The second kappa shape index (κ2) is 4.22. The zero-order valence-corrected chi connectivity index (χ0v) is 10.4. The number of aliphatic hydroxyl groups is 1. The van der Waals surface area contributed by atoms with Gasteiger partial charge in [-0.2, -0.15) is 0 Å². The minimum Gasteiger partial charge on any atom is -0.394 e. The van der Waals surface area contributed by atoms with E-state index >= 15 is 0 Å². The molecule has 0 aliphatic heterocycles. The van der Waals surface area contributed by atoms with E-state index in [-0.39, 0.29) is 18.2 Å². The molecule has 18 heavy (non-hydrogen) atoms. The second-order valence-corrected chi connectivity index (χ2v) is 5.39. The molecule has 1 fully saturated rings. The summed E-state index contributed by atoms with van der Waals surface area (Å²) >= 11 is 1.53. The van der Waals surface area contributed by atoms with Gasteiger partial charge in [0.2, 0.25) is 0 Å². The molecule has 2 N–H and O–H groups in total. The lowest BCUT2D eigenvalue weighted by Gasteiger charge is -2.12. The monoisotopic (exact) mass is 264 g/mol. The van der Waals surface area contributed by atoms with Crippen LogP contribution in [0.25, 0.3) is 10.6 Å². The maximum absolute atomic E-state index is 11.9. The number of hydrogen-bond acceptors (Lipinski definition) is 5. The van der Waals surface area contributed by atoms with Crippen molar-refractivity contribution in [2.45, 2.75) is 18.4 Å². The average Bonchev–Trinajstić information content (AvgIpc) is 2.87. The molecule has 5 nitrogen and oxygen atoms in total. The van der Waals surface area contributed by atoms with Gasteiger partial charge in [0.05, 0.1) is 17.0 Å². The third-order valence-electron chi connectivity index (χ3n) is 3.04. The minimum absolute atomic E-state index is 0.0334. The van der Waals surface area contributed by atoms with Gasteiger partial charge in [0.15, 0.2) is 11.5 Å². The summed E-state index contributed by atoms with van der Waals surface area (Å²) in [7, 11) is 0. The number of amides is 1. The molecule has 0 unspecified atom stereocenters. The summed E-state index contributed by atoms with van der Waals surface area (Å²) in [5.41, 5.74) is -0.183. The fourth-order valence-corrected chi connectivity index (χ4v) is 2.37. The highest BCUT2D eigenvalue weighted by atomic mass is 32.1. The van der Waals surface area contributed by atoms with Crippen LogP contribution in [0.3, 0.4) is 0 Å². The summed E-state index contributed by atoms with van der Waals surface area (Å²) in [4.78, 5) is 12.8. The summed E-state index contributed by atoms with van der Waals surface area (Å²) in [6, 6.07) is 5.44. The molecule has 2 aromatic heterocycles. The first kappa shape index (κ1) is 11.4. The van der Waals surface area contributed by atoms with Crippen LogP contribution in [0.2, 0.25) is 0 Å². The van der Waals surface area contributed by atoms with E-state index < -0.39 is 5.54 Å². The highest BCUT2D eigenvalue weighted by Crippen LogP contribution is 2.35. The summed E-state index contributed by atoms with van der Waals surface area (Å²) in [5, 5.41) is 17.6. The molecule has 94 valence electrons. The van der Waals surface area contributed by atoms with Crippen molar-refractivity contribution in [1.82, 2.24) is 10.5 Å². The van der Waals surface area contributed by atoms with Gasteiger partial charge in [-0.15, -0.1) is 11.3 Å². The number of nitrogens with zero attached hydrogens (tertiary/aromatic N) is 1. The normalized spacial score (nSPS) is 16.5. The van der Waals surface area contributed by atoms with Crippen LogP contribution in [-0.4, -0.2) is 28.3 Å². The number of rotatable bonds is 4. The van der Waals surface area contributed by atoms with Gasteiger partial charge in [-0.05, 0) is 24.3 Å². The maximum atomic E-state index is 11.9. The Morgan fingerprint density at radius 3 is 3.06 bits per heavy atom. The van der Waals surface area contributed by atoms with Crippen LogP contribution in [0.4, 0.5) is 0 Å². The number of thiophene rings is 1. The van der Waals surface area contributed by atoms with Gasteiger partial charge in [0.25, 0.3) is 5.91 Å². The number of nitrogens with one attached hydrogen (secondary N) is 1. The second-order valence-electron chi connectivity index (χ2n) is 4.45. The molecular formula is C12H12N2O3S. The zero-order chi connectivity index (χ0) is 12.6. The summed E-state index contributed by atoms with van der Waals surface area (Å²) in [6.07, 6.45) is 1.62. The van der Waals surface area contributed by atoms with E-state index in [1.807, 2.05) is 17.5 Å². The van der Waals surface area contributed by atoms with Crippen molar-refractivity contribution in [2.24, 2.45) is 0 Å². The molecule has 0 aromatic carbocycles. The van der Waals surface area contributed by atoms with Crippen molar-refractivity contribution in [3.05, 3.63) is 29.3 Å². The number of carbonyl (C=O) groups excluding carboxylic acids is 1. The quantitative estimate of drug-likeness (QED) is 0.880. The Labute approximate surface area is 107 Å². The maximum Gasteiger partial charge on any atom is 0.273 e. The summed E-state index contributed by atoms with van der Waals surface area (Å²) in [6.45, 7) is -0.0334. The molecular weight excluding hydrogens is 252 g/mol. The molecule has 1 amide bonds. The molecule has 3 rings (SSSR count). The van der Waals surface area contributed by atoms with Crippen molar-refractivity contribution in [1.29, 1.82) is 0 Å². The van der Waals surface area contributed by atoms with Crippen LogP contribution in [-0.2, 0) is 0 Å². The van der Waals surface area contributed by atoms with E-state index in [4.69, 9.17) is 9.63 Å². The van der Waals surface area contributed by atoms with Crippen LogP contribution in [0.15, 0.2) is 28.1 Å². The highest BCUT2D eigenvalue weighted by Gasteiger charge is 2.43. The fourth-order valence-electron chi connectivity index (χ4n) is 1.70. The van der Waals surface area contributed by atoms with Crippen molar-refractivity contribution >= 4 is 17.2 Å². The Morgan fingerprint density at radius 1 is 1.61 bits per heavy atom. The van der Waals surface area contributed by atoms with E-state index in [0.29, 0.717) is 5.76 Å². The Balaban J connectivity index is 1.75. The smallest absolute Gasteiger partial charge is 0.273 e. The van der Waals surface area contributed by atoms with Gasteiger partial charge in [-0.1, -0.05) is 11.2 Å². The van der Waals surface area contributed by atoms with Gasteiger partial charge < -0.3 is 14.9 Å². The first-order valence-electron chi connectivity index (χ1n) is 5.66. The topological polar surface area (TPSA) is 75.4 Å². The number of aromatic nitrogens is 1. The van der Waals surface area contributed by atoms with E-state index in [0.717, 1.165) is 17.7 Å². The Bertz CT molecular complexity index is 558. The lowest BCUT2D eigenvalue weighted by Crippen LogP contribution is -2.39. The van der Waals surface area contributed by atoms with Crippen molar-refractivity contribution in [3.8, 4) is 10.6 Å². The third kappa shape index (κ3) is 2.04. The average molecular weight is 264 g/mol. The van der Waals surface area contributed by atoms with Crippen LogP contribution < -0.4 is 5.32 Å². The number of carbonyl (C=O) groups is 1. The highest BCUT2D eigenvalue weighted by molar-refractivity contribution is 7.13. The number of aliphatic hydroxyl groups excluding tert-OH is 1. The molecule has 0 radical (unpaired) electrons. The zero-order valence-electron chi connectivity index (χ0n) is 9.55. The van der Waals surface area contributed by atoms with E-state index in [9.17, 15) is 4.79 Å². The fraction of sp³-hybridized carbons (Fsp3) is 0.333. The van der Waals surface area contributed by atoms with E-state index in [2.05, 4.69) is 10.5 Å². The third-order valence-corrected chi connectivity index (χ3v) is 3.93. The molecule has 0 bridgehead atoms. The van der Waals surface area contributed by atoms with E-state index in [1.165, 1.54) is 11.3 Å². The standard InChI is InChI=1S/C12H12N2O3S/c15-7-12(3-4-12)13-11(16)8-6-9(17-14-8)10-2-1-5-18-10/h1-2,5-6,15H,3-4,7H2,(H,13,16). The Hall–Kier alpha value is -1.66. The lowest BCUT2D eigenvalue weighted by molar-refractivity contribution is 0.0897. The molecule has 2 heterocycles. The van der Waals surface area contributed by atoms with Gasteiger partial charge in [-0.3, -0.25) is 4.79 Å². The first-order chi connectivity index (χ1) is 8.72. The van der Waals surface area contributed by atoms with Crippen LogP contribution >= 0.6 is 11.3 Å². The summed E-state index contributed by atoms with van der Waals surface area (Å²) < 4.78 is 5.14. The van der Waals surface area contributed by atoms with Gasteiger partial charge >= 0.3 is 0 Å². The van der Waals surface area contributed by atoms with Crippen LogP contribution in [0.5, 0.6) is 0 Å². The molecule has 2 aromatic rings. The van der Waals surface area contributed by atoms with Gasteiger partial charge in [-0.25, -0.2) is 0 Å². The van der Waals surface area contributed by atoms with Crippen LogP contribution in [0, 0.1) is 0 Å². The SMILES string of the molecule is O=C(NC1(CO)CC1)c1cc(-c2cccs2)on1.